The lowest BCUT2D eigenvalue weighted by atomic mass is 9.85. The van der Waals surface area contributed by atoms with E-state index in [-0.39, 0.29) is 28.8 Å². The fraction of sp³-hybridized carbons (Fsp3) is 0.393. The summed E-state index contributed by atoms with van der Waals surface area (Å²) in [5, 5.41) is 14.3. The highest BCUT2D eigenvalue weighted by molar-refractivity contribution is 5.96. The number of ether oxygens (including phenoxy) is 1. The Labute approximate surface area is 227 Å². The number of nitrogens with one attached hydrogen (secondary N) is 1. The first-order valence-electron chi connectivity index (χ1n) is 13.2. The predicted octanol–water partition coefficient (Wildman–Crippen LogP) is 4.65. The number of carbonyl (C=O) groups is 1. The second-order valence-corrected chi connectivity index (χ2v) is 10.2. The van der Waals surface area contributed by atoms with Gasteiger partial charge >= 0.3 is 0 Å². The Balaban J connectivity index is 1.35. The number of aromatic nitrogens is 2. The van der Waals surface area contributed by atoms with Gasteiger partial charge in [0.2, 0.25) is 5.88 Å². The number of primary amides is 1. The summed E-state index contributed by atoms with van der Waals surface area (Å²) in [6.45, 7) is 5.07. The number of nitro benzene ring substituents is 1. The number of carbonyl (C=O) groups excluding carboxylic acids is 1. The van der Waals surface area contributed by atoms with Gasteiger partial charge in [0.25, 0.3) is 11.6 Å². The van der Waals surface area contributed by atoms with Crippen LogP contribution >= 0.6 is 0 Å². The molecule has 2 aromatic carbocycles. The zero-order valence-corrected chi connectivity index (χ0v) is 22.2. The standard InChI is InChI=1S/C28H33N7O4/c1-3-23-27(39-22-7-4-6-21(18-22)35(37)38)32-26(24(31-23)25(29)36)30-19-8-10-20(11-9-19)34-16-13-28(14-17-34)12-5-15-33(28)2/h4,6-11,18H,3,5,12-17H2,1-2H3,(H2,29,36)(H,30,32). The molecule has 1 aromatic heterocycles. The number of nitro groups is 1. The maximum absolute atomic E-state index is 12.2. The van der Waals surface area contributed by atoms with E-state index < -0.39 is 10.8 Å². The number of nitrogens with zero attached hydrogens (tertiary/aromatic N) is 5. The highest BCUT2D eigenvalue weighted by atomic mass is 16.6. The van der Waals surface area contributed by atoms with E-state index in [0.717, 1.165) is 31.6 Å². The van der Waals surface area contributed by atoms with Gasteiger partial charge in [-0.05, 0) is 76.0 Å². The number of likely N-dealkylation sites (tertiary alicyclic amines) is 1. The maximum atomic E-state index is 12.2. The molecule has 0 unspecified atom stereocenters. The van der Waals surface area contributed by atoms with Gasteiger partial charge in [-0.3, -0.25) is 14.9 Å². The average molecular weight is 532 g/mol. The Morgan fingerprint density at radius 2 is 1.87 bits per heavy atom. The third-order valence-electron chi connectivity index (χ3n) is 7.88. The van der Waals surface area contributed by atoms with Crippen molar-refractivity contribution >= 4 is 28.8 Å². The Morgan fingerprint density at radius 3 is 2.49 bits per heavy atom. The van der Waals surface area contributed by atoms with E-state index in [4.69, 9.17) is 10.5 Å². The van der Waals surface area contributed by atoms with E-state index in [0.29, 0.717) is 23.3 Å². The SMILES string of the molecule is CCc1nc(C(N)=O)c(Nc2ccc(N3CCC4(CCCN4C)CC3)cc2)nc1Oc1cccc([N+](=O)[O-])c1. The van der Waals surface area contributed by atoms with Gasteiger partial charge in [-0.1, -0.05) is 13.0 Å². The van der Waals surface area contributed by atoms with Gasteiger partial charge in [-0.25, -0.2) is 4.98 Å². The van der Waals surface area contributed by atoms with Crippen LogP contribution in [0.1, 0.15) is 48.8 Å². The lowest BCUT2D eigenvalue weighted by Crippen LogP contribution is -2.50. The average Bonchev–Trinajstić information content (AvgIpc) is 3.28. The summed E-state index contributed by atoms with van der Waals surface area (Å²) < 4.78 is 5.87. The number of anilines is 3. The smallest absolute Gasteiger partial charge is 0.273 e. The molecule has 0 radical (unpaired) electrons. The molecule has 2 fully saturated rings. The van der Waals surface area contributed by atoms with Crippen LogP contribution in [0.2, 0.25) is 0 Å². The third-order valence-corrected chi connectivity index (χ3v) is 7.88. The summed E-state index contributed by atoms with van der Waals surface area (Å²) in [6.07, 6.45) is 5.31. The van der Waals surface area contributed by atoms with Crippen molar-refractivity contribution in [1.29, 1.82) is 0 Å². The molecule has 2 aliphatic rings. The molecule has 11 nitrogen and oxygen atoms in total. The van der Waals surface area contributed by atoms with Gasteiger partial charge in [-0.2, -0.15) is 4.98 Å². The van der Waals surface area contributed by atoms with Crippen molar-refractivity contribution in [2.75, 3.05) is 36.9 Å². The maximum Gasteiger partial charge on any atom is 0.273 e. The molecule has 2 aliphatic heterocycles. The van der Waals surface area contributed by atoms with Crippen molar-refractivity contribution < 1.29 is 14.5 Å². The van der Waals surface area contributed by atoms with Crippen LogP contribution in [-0.2, 0) is 6.42 Å². The first kappa shape index (κ1) is 26.4. The molecule has 3 heterocycles. The monoisotopic (exact) mass is 531 g/mol. The Kier molecular flexibility index (Phi) is 7.34. The molecule has 2 saturated heterocycles. The summed E-state index contributed by atoms with van der Waals surface area (Å²) in [6, 6.07) is 13.8. The molecule has 39 heavy (non-hydrogen) atoms. The van der Waals surface area contributed by atoms with Crippen LogP contribution in [0.15, 0.2) is 48.5 Å². The predicted molar refractivity (Wildman–Crippen MR) is 149 cm³/mol. The van der Waals surface area contributed by atoms with Crippen LogP contribution in [0.5, 0.6) is 11.6 Å². The summed E-state index contributed by atoms with van der Waals surface area (Å²) >= 11 is 0. The second-order valence-electron chi connectivity index (χ2n) is 10.2. The minimum absolute atomic E-state index is 0.00988. The molecule has 0 bridgehead atoms. The third kappa shape index (κ3) is 5.49. The van der Waals surface area contributed by atoms with E-state index in [1.807, 2.05) is 19.1 Å². The molecule has 3 N–H and O–H groups in total. The number of amides is 1. The van der Waals surface area contributed by atoms with E-state index in [1.165, 1.54) is 37.6 Å². The van der Waals surface area contributed by atoms with E-state index in [1.54, 1.807) is 6.07 Å². The minimum Gasteiger partial charge on any atom is -0.437 e. The zero-order valence-electron chi connectivity index (χ0n) is 22.2. The number of piperidine rings is 1. The minimum atomic E-state index is -0.725. The van der Waals surface area contributed by atoms with Crippen LogP contribution in [-0.4, -0.2) is 57.9 Å². The van der Waals surface area contributed by atoms with Crippen molar-refractivity contribution in [2.24, 2.45) is 5.73 Å². The molecule has 0 atom stereocenters. The topological polar surface area (TPSA) is 140 Å². The molecule has 3 aromatic rings. The molecular formula is C28H33N7O4. The van der Waals surface area contributed by atoms with Crippen LogP contribution in [0.3, 0.4) is 0 Å². The Bertz CT molecular complexity index is 1370. The van der Waals surface area contributed by atoms with Crippen LogP contribution in [0.25, 0.3) is 0 Å². The lowest BCUT2D eigenvalue weighted by molar-refractivity contribution is -0.384. The van der Waals surface area contributed by atoms with Crippen molar-refractivity contribution in [2.45, 2.75) is 44.6 Å². The van der Waals surface area contributed by atoms with Gasteiger partial charge in [0.15, 0.2) is 11.5 Å². The Morgan fingerprint density at radius 1 is 1.13 bits per heavy atom. The number of non-ortho nitro benzene ring substituents is 1. The zero-order chi connectivity index (χ0) is 27.6. The normalized spacial score (nSPS) is 16.8. The van der Waals surface area contributed by atoms with Gasteiger partial charge in [0, 0.05) is 36.1 Å². The number of hydrogen-bond acceptors (Lipinski definition) is 9. The number of hydrogen-bond donors (Lipinski definition) is 2. The number of nitrogens with two attached hydrogens (primary N) is 1. The largest absolute Gasteiger partial charge is 0.437 e. The number of benzene rings is 2. The highest BCUT2D eigenvalue weighted by Gasteiger charge is 2.41. The first-order valence-corrected chi connectivity index (χ1v) is 13.2. The molecule has 5 rings (SSSR count). The molecule has 11 heteroatoms. The van der Waals surface area contributed by atoms with Crippen molar-refractivity contribution in [3.05, 3.63) is 70.0 Å². The molecule has 0 aliphatic carbocycles. The fourth-order valence-corrected chi connectivity index (χ4v) is 5.58. The van der Waals surface area contributed by atoms with Crippen LogP contribution in [0, 0.1) is 10.1 Å². The van der Waals surface area contributed by atoms with E-state index in [9.17, 15) is 14.9 Å². The molecule has 1 spiro atoms. The summed E-state index contributed by atoms with van der Waals surface area (Å²) in [5.74, 6) is -0.196. The Hall–Kier alpha value is -4.25. The summed E-state index contributed by atoms with van der Waals surface area (Å²) in [7, 11) is 2.25. The second kappa shape index (κ2) is 10.9. The number of rotatable bonds is 8. The molecule has 1 amide bonds. The number of aryl methyl sites for hydroxylation is 1. The van der Waals surface area contributed by atoms with Crippen LogP contribution < -0.4 is 20.7 Å². The van der Waals surface area contributed by atoms with Crippen molar-refractivity contribution in [3.8, 4) is 11.6 Å². The van der Waals surface area contributed by atoms with Gasteiger partial charge in [0.1, 0.15) is 11.4 Å². The van der Waals surface area contributed by atoms with Crippen molar-refractivity contribution in [3.63, 3.8) is 0 Å². The van der Waals surface area contributed by atoms with Crippen LogP contribution in [0.4, 0.5) is 22.9 Å². The quantitative estimate of drug-likeness (QED) is 0.314. The van der Waals surface area contributed by atoms with Crippen molar-refractivity contribution in [1.82, 2.24) is 14.9 Å². The van der Waals surface area contributed by atoms with Gasteiger partial charge in [0.05, 0.1) is 11.0 Å². The first-order chi connectivity index (χ1) is 18.8. The van der Waals surface area contributed by atoms with Gasteiger partial charge < -0.3 is 25.6 Å². The molecule has 204 valence electrons. The molecular weight excluding hydrogens is 498 g/mol. The van der Waals surface area contributed by atoms with E-state index >= 15 is 0 Å². The summed E-state index contributed by atoms with van der Waals surface area (Å²) in [4.78, 5) is 36.7. The lowest BCUT2D eigenvalue weighted by Gasteiger charge is -2.44. The van der Waals surface area contributed by atoms with Gasteiger partial charge in [-0.15, -0.1) is 0 Å². The molecule has 0 saturated carbocycles. The highest BCUT2D eigenvalue weighted by Crippen LogP contribution is 2.38. The summed E-state index contributed by atoms with van der Waals surface area (Å²) in [5.41, 5.74) is 8.13. The van der Waals surface area contributed by atoms with E-state index in [2.05, 4.69) is 44.3 Å². The fourth-order valence-electron chi connectivity index (χ4n) is 5.58.